The zero-order valence-corrected chi connectivity index (χ0v) is 22.9. The number of aryl methyl sites for hydroxylation is 1. The number of hydrogen-bond acceptors (Lipinski definition) is 4. The van der Waals surface area contributed by atoms with Crippen LogP contribution in [0.4, 0.5) is 11.4 Å². The second-order valence-electron chi connectivity index (χ2n) is 10.3. The Labute approximate surface area is 226 Å². The van der Waals surface area contributed by atoms with Crippen LogP contribution in [0.1, 0.15) is 48.8 Å². The first-order valence-corrected chi connectivity index (χ1v) is 13.4. The summed E-state index contributed by atoms with van der Waals surface area (Å²) in [5, 5.41) is 0. The molecule has 1 aliphatic rings. The van der Waals surface area contributed by atoms with E-state index in [1.807, 2.05) is 44.1 Å². The summed E-state index contributed by atoms with van der Waals surface area (Å²) in [6.07, 6.45) is 8.43. The van der Waals surface area contributed by atoms with E-state index >= 15 is 0 Å². The molecule has 3 aromatic carbocycles. The highest BCUT2D eigenvalue weighted by atomic mass is 16.5. The van der Waals surface area contributed by atoms with Crippen LogP contribution in [0.15, 0.2) is 72.8 Å². The van der Waals surface area contributed by atoms with Gasteiger partial charge in [0.05, 0.1) is 13.7 Å². The van der Waals surface area contributed by atoms with E-state index < -0.39 is 5.97 Å². The third-order valence-electron chi connectivity index (χ3n) is 7.37. The van der Waals surface area contributed by atoms with Gasteiger partial charge < -0.3 is 14.5 Å². The maximum absolute atomic E-state index is 13.9. The van der Waals surface area contributed by atoms with E-state index in [1.165, 1.54) is 30.9 Å². The lowest BCUT2D eigenvalue weighted by molar-refractivity contribution is -0.134. The first kappa shape index (κ1) is 27.2. The summed E-state index contributed by atoms with van der Waals surface area (Å²) < 4.78 is 4.74. The molecule has 0 bridgehead atoms. The largest absolute Gasteiger partial charge is 0.466 e. The zero-order valence-electron chi connectivity index (χ0n) is 22.9. The van der Waals surface area contributed by atoms with Crippen LogP contribution in [-0.2, 0) is 20.9 Å². The van der Waals surface area contributed by atoms with Crippen LogP contribution < -0.4 is 9.80 Å². The molecule has 4 rings (SSSR count). The molecule has 0 unspecified atom stereocenters. The van der Waals surface area contributed by atoms with Crippen molar-refractivity contribution in [2.45, 2.75) is 45.6 Å². The molecule has 0 N–H and O–H groups in total. The molecule has 0 heterocycles. The standard InChI is InChI=1S/C33H38N2O3/c1-24-10-11-25(14-21-32(36)38-4)22-31(24)35(33(37)29-8-6-5-7-9-29)23-26-12-15-27(16-13-26)28-17-19-30(20-18-28)34(2)3/h10-22,29H,5-9,23H2,1-4H3/b21-14+. The number of anilines is 2. The summed E-state index contributed by atoms with van der Waals surface area (Å²) in [7, 11) is 5.44. The van der Waals surface area contributed by atoms with Crippen molar-refractivity contribution >= 4 is 29.3 Å². The van der Waals surface area contributed by atoms with Gasteiger partial charge in [0.2, 0.25) is 5.91 Å². The summed E-state index contributed by atoms with van der Waals surface area (Å²) in [4.78, 5) is 29.5. The molecule has 0 aromatic heterocycles. The number of benzene rings is 3. The Morgan fingerprint density at radius 3 is 2.13 bits per heavy atom. The lowest BCUT2D eigenvalue weighted by Crippen LogP contribution is -2.37. The molecule has 5 nitrogen and oxygen atoms in total. The predicted octanol–water partition coefficient (Wildman–Crippen LogP) is 7.03. The van der Waals surface area contributed by atoms with Crippen LogP contribution in [0, 0.1) is 12.8 Å². The third-order valence-corrected chi connectivity index (χ3v) is 7.37. The van der Waals surface area contributed by atoms with Gasteiger partial charge in [-0.3, -0.25) is 4.79 Å². The minimum absolute atomic E-state index is 0.0481. The van der Waals surface area contributed by atoms with E-state index in [1.54, 1.807) is 6.08 Å². The molecule has 0 radical (unpaired) electrons. The maximum Gasteiger partial charge on any atom is 0.330 e. The molecule has 0 saturated heterocycles. The molecule has 5 heteroatoms. The highest BCUT2D eigenvalue weighted by Crippen LogP contribution is 2.32. The Bertz CT molecular complexity index is 1270. The van der Waals surface area contributed by atoms with Gasteiger partial charge in [-0.15, -0.1) is 0 Å². The maximum atomic E-state index is 13.9. The lowest BCUT2D eigenvalue weighted by Gasteiger charge is -2.31. The van der Waals surface area contributed by atoms with Crippen LogP contribution in [-0.4, -0.2) is 33.1 Å². The molecular weight excluding hydrogens is 472 g/mol. The van der Waals surface area contributed by atoms with Gasteiger partial charge in [-0.1, -0.05) is 67.8 Å². The molecular formula is C33H38N2O3. The summed E-state index contributed by atoms with van der Waals surface area (Å²) in [5.74, 6) is -0.171. The topological polar surface area (TPSA) is 49.9 Å². The van der Waals surface area contributed by atoms with Crippen molar-refractivity contribution in [2.24, 2.45) is 5.92 Å². The average molecular weight is 511 g/mol. The predicted molar refractivity (Wildman–Crippen MR) is 156 cm³/mol. The number of hydrogen-bond donors (Lipinski definition) is 0. The van der Waals surface area contributed by atoms with Crippen molar-refractivity contribution in [1.82, 2.24) is 0 Å². The van der Waals surface area contributed by atoms with Crippen LogP contribution in [0.25, 0.3) is 17.2 Å². The Balaban J connectivity index is 1.62. The molecule has 0 spiro atoms. The SMILES string of the molecule is COC(=O)/C=C/c1ccc(C)c(N(Cc2ccc(-c3ccc(N(C)C)cc3)cc2)C(=O)C2CCCCC2)c1. The van der Waals surface area contributed by atoms with Crippen molar-refractivity contribution < 1.29 is 14.3 Å². The normalized spacial score (nSPS) is 13.9. The minimum Gasteiger partial charge on any atom is -0.466 e. The Kier molecular flexibility index (Phi) is 9.01. The second-order valence-corrected chi connectivity index (χ2v) is 10.3. The van der Waals surface area contributed by atoms with Gasteiger partial charge in [-0.25, -0.2) is 4.79 Å². The van der Waals surface area contributed by atoms with Crippen molar-refractivity contribution in [1.29, 1.82) is 0 Å². The monoisotopic (exact) mass is 510 g/mol. The second kappa shape index (κ2) is 12.6. The fourth-order valence-electron chi connectivity index (χ4n) is 5.04. The van der Waals surface area contributed by atoms with Gasteiger partial charge in [0, 0.05) is 37.5 Å². The number of esters is 1. The number of carbonyl (C=O) groups excluding carboxylic acids is 2. The van der Waals surface area contributed by atoms with Gasteiger partial charge >= 0.3 is 5.97 Å². The van der Waals surface area contributed by atoms with Gasteiger partial charge in [0.25, 0.3) is 0 Å². The highest BCUT2D eigenvalue weighted by Gasteiger charge is 2.28. The smallest absolute Gasteiger partial charge is 0.330 e. The van der Waals surface area contributed by atoms with Gasteiger partial charge in [0.1, 0.15) is 0 Å². The van der Waals surface area contributed by atoms with Crippen molar-refractivity contribution in [2.75, 3.05) is 31.0 Å². The fourth-order valence-corrected chi connectivity index (χ4v) is 5.04. The summed E-state index contributed by atoms with van der Waals surface area (Å²) in [6, 6.07) is 23.0. The molecule has 3 aromatic rings. The quantitative estimate of drug-likeness (QED) is 0.241. The molecule has 198 valence electrons. The van der Waals surface area contributed by atoms with Crippen LogP contribution in [0.5, 0.6) is 0 Å². The first-order valence-electron chi connectivity index (χ1n) is 13.4. The minimum atomic E-state index is -0.404. The van der Waals surface area contributed by atoms with E-state index in [2.05, 4.69) is 53.4 Å². The van der Waals surface area contributed by atoms with E-state index in [4.69, 9.17) is 4.74 Å². The van der Waals surface area contributed by atoms with E-state index in [-0.39, 0.29) is 11.8 Å². The number of methoxy groups -OCH3 is 1. The van der Waals surface area contributed by atoms with Crippen molar-refractivity contribution in [3.8, 4) is 11.1 Å². The lowest BCUT2D eigenvalue weighted by atomic mass is 9.88. The van der Waals surface area contributed by atoms with Crippen LogP contribution in [0.3, 0.4) is 0 Å². The molecule has 1 amide bonds. The van der Waals surface area contributed by atoms with E-state index in [0.29, 0.717) is 6.54 Å². The third kappa shape index (κ3) is 6.71. The Morgan fingerprint density at radius 2 is 1.53 bits per heavy atom. The van der Waals surface area contributed by atoms with Gasteiger partial charge in [-0.2, -0.15) is 0 Å². The van der Waals surface area contributed by atoms with Gasteiger partial charge in [0.15, 0.2) is 0 Å². The zero-order chi connectivity index (χ0) is 27.1. The number of rotatable bonds is 8. The summed E-state index contributed by atoms with van der Waals surface area (Å²) in [5.41, 5.74) is 7.33. The Hall–Kier alpha value is -3.86. The number of nitrogens with zero attached hydrogens (tertiary/aromatic N) is 2. The molecule has 0 aliphatic heterocycles. The summed E-state index contributed by atoms with van der Waals surface area (Å²) >= 11 is 0. The van der Waals surface area contributed by atoms with Crippen LogP contribution >= 0.6 is 0 Å². The molecule has 1 saturated carbocycles. The molecule has 1 fully saturated rings. The van der Waals surface area contributed by atoms with Crippen LogP contribution in [0.2, 0.25) is 0 Å². The van der Waals surface area contributed by atoms with Crippen molar-refractivity contribution in [3.63, 3.8) is 0 Å². The molecule has 1 aliphatic carbocycles. The Morgan fingerprint density at radius 1 is 0.895 bits per heavy atom. The highest BCUT2D eigenvalue weighted by molar-refractivity contribution is 5.96. The number of ether oxygens (including phenoxy) is 1. The van der Waals surface area contributed by atoms with Crippen molar-refractivity contribution in [3.05, 3.63) is 89.5 Å². The molecule has 38 heavy (non-hydrogen) atoms. The van der Waals surface area contributed by atoms with Gasteiger partial charge in [-0.05, 0) is 71.9 Å². The first-order chi connectivity index (χ1) is 18.4. The molecule has 0 atom stereocenters. The number of amides is 1. The van der Waals surface area contributed by atoms with E-state index in [0.717, 1.165) is 53.6 Å². The average Bonchev–Trinajstić information content (AvgIpc) is 2.96. The fraction of sp³-hybridized carbons (Fsp3) is 0.333. The number of carbonyl (C=O) groups is 2. The van der Waals surface area contributed by atoms with E-state index in [9.17, 15) is 9.59 Å². The summed E-state index contributed by atoms with van der Waals surface area (Å²) in [6.45, 7) is 2.53.